The van der Waals surface area contributed by atoms with E-state index in [0.29, 0.717) is 23.2 Å². The fourth-order valence-corrected chi connectivity index (χ4v) is 4.59. The van der Waals surface area contributed by atoms with Crippen molar-refractivity contribution in [1.82, 2.24) is 5.32 Å². The molecule has 2 bridgehead atoms. The minimum Gasteiger partial charge on any atom is -0.351 e. The minimum absolute atomic E-state index is 0.0193. The molecule has 0 aliphatic heterocycles. The highest BCUT2D eigenvalue weighted by molar-refractivity contribution is 5.74. The van der Waals surface area contributed by atoms with Crippen molar-refractivity contribution in [2.45, 2.75) is 53.5 Å². The molecule has 2 fully saturated rings. The Labute approximate surface area is 99.2 Å². The summed E-state index contributed by atoms with van der Waals surface area (Å²) in [5.41, 5.74) is 0.452. The summed E-state index contributed by atoms with van der Waals surface area (Å²) < 4.78 is 0. The molecule has 16 heavy (non-hydrogen) atoms. The van der Waals surface area contributed by atoms with Crippen molar-refractivity contribution in [1.29, 1.82) is 0 Å². The van der Waals surface area contributed by atoms with E-state index in [9.17, 15) is 4.79 Å². The quantitative estimate of drug-likeness (QED) is 0.727. The van der Waals surface area contributed by atoms with Crippen LogP contribution in [-0.4, -0.2) is 11.4 Å². The molecule has 5 atom stereocenters. The molecule has 0 saturated heterocycles. The second-order valence-corrected chi connectivity index (χ2v) is 6.81. The van der Waals surface area contributed by atoms with E-state index in [4.69, 9.17) is 0 Å². The fourth-order valence-electron chi connectivity index (χ4n) is 4.59. The molecule has 2 aliphatic rings. The Morgan fingerprint density at radius 2 is 1.69 bits per heavy atom. The van der Waals surface area contributed by atoms with Crippen molar-refractivity contribution in [2.75, 3.05) is 0 Å². The lowest BCUT2D eigenvalue weighted by Crippen LogP contribution is -2.58. The molecule has 2 heteroatoms. The van der Waals surface area contributed by atoms with E-state index in [-0.39, 0.29) is 11.4 Å². The van der Waals surface area contributed by atoms with Crippen molar-refractivity contribution in [3.05, 3.63) is 0 Å². The summed E-state index contributed by atoms with van der Waals surface area (Å²) in [5, 5.41) is 3.23. The summed E-state index contributed by atoms with van der Waals surface area (Å²) >= 11 is 0. The van der Waals surface area contributed by atoms with E-state index in [0.717, 1.165) is 5.92 Å². The maximum atomic E-state index is 11.4. The van der Waals surface area contributed by atoms with Crippen molar-refractivity contribution in [2.24, 2.45) is 29.1 Å². The van der Waals surface area contributed by atoms with E-state index in [1.165, 1.54) is 6.42 Å². The molecule has 1 N–H and O–H groups in total. The summed E-state index contributed by atoms with van der Waals surface area (Å²) in [4.78, 5) is 11.4. The Bertz CT molecular complexity index is 323. The molecule has 1 amide bonds. The third-order valence-electron chi connectivity index (χ3n) is 6.01. The highest BCUT2D eigenvalue weighted by atomic mass is 16.1. The van der Waals surface area contributed by atoms with Crippen LogP contribution in [0.3, 0.4) is 0 Å². The number of hydrogen-bond donors (Lipinski definition) is 1. The van der Waals surface area contributed by atoms with Crippen LogP contribution in [0.25, 0.3) is 0 Å². The summed E-state index contributed by atoms with van der Waals surface area (Å²) in [5.74, 6) is 2.81. The fraction of sp³-hybridized carbons (Fsp3) is 0.929. The molecule has 2 nitrogen and oxygen atoms in total. The van der Waals surface area contributed by atoms with Gasteiger partial charge in [0, 0.05) is 12.5 Å². The molecule has 0 heterocycles. The van der Waals surface area contributed by atoms with Crippen LogP contribution in [0.5, 0.6) is 0 Å². The van der Waals surface area contributed by atoms with E-state index >= 15 is 0 Å². The smallest absolute Gasteiger partial charge is 0.217 e. The van der Waals surface area contributed by atoms with Gasteiger partial charge < -0.3 is 5.32 Å². The second-order valence-electron chi connectivity index (χ2n) is 6.81. The largest absolute Gasteiger partial charge is 0.351 e. The number of carbonyl (C=O) groups excluding carboxylic acids is 1. The monoisotopic (exact) mass is 223 g/mol. The maximum Gasteiger partial charge on any atom is 0.217 e. The standard InChI is InChI=1S/C14H25NO/c1-8-12-7-11(13(8,4)5)9(2)14(12,6)15-10(3)16/h8-9,11-12H,7H2,1-6H3,(H,15,16)/t8-,9+,11-,12-,14-/m1/s1. The molecule has 0 radical (unpaired) electrons. The molecular weight excluding hydrogens is 198 g/mol. The molecule has 2 saturated carbocycles. The van der Waals surface area contributed by atoms with E-state index < -0.39 is 0 Å². The number of nitrogens with one attached hydrogen (secondary N) is 1. The topological polar surface area (TPSA) is 29.1 Å². The lowest BCUT2D eigenvalue weighted by molar-refractivity contribution is -0.123. The summed E-state index contributed by atoms with van der Waals surface area (Å²) in [7, 11) is 0. The average molecular weight is 223 g/mol. The zero-order valence-electron chi connectivity index (χ0n) is 11.4. The van der Waals surface area contributed by atoms with Gasteiger partial charge in [0.25, 0.3) is 0 Å². The van der Waals surface area contributed by atoms with Gasteiger partial charge in [-0.05, 0) is 42.4 Å². The minimum atomic E-state index is 0.0193. The Hall–Kier alpha value is -0.530. The van der Waals surface area contributed by atoms with Gasteiger partial charge in [-0.3, -0.25) is 4.79 Å². The SMILES string of the molecule is CC(=O)N[C@@]1(C)[C@@H]2C[C@H]([C@@H]1C)C(C)(C)[C@@H]2C. The van der Waals surface area contributed by atoms with Gasteiger partial charge in [-0.2, -0.15) is 0 Å². The Morgan fingerprint density at radius 1 is 1.12 bits per heavy atom. The molecule has 0 aromatic carbocycles. The zero-order chi connectivity index (χ0) is 12.3. The number of rotatable bonds is 1. The van der Waals surface area contributed by atoms with Crippen LogP contribution in [0.15, 0.2) is 0 Å². The predicted molar refractivity (Wildman–Crippen MR) is 65.9 cm³/mol. The number of hydrogen-bond acceptors (Lipinski definition) is 1. The van der Waals surface area contributed by atoms with Crippen molar-refractivity contribution < 1.29 is 4.79 Å². The van der Waals surface area contributed by atoms with E-state index in [1.54, 1.807) is 6.92 Å². The molecular formula is C14H25NO. The maximum absolute atomic E-state index is 11.4. The molecule has 0 aromatic heterocycles. The Morgan fingerprint density at radius 3 is 2.12 bits per heavy atom. The lowest BCUT2D eigenvalue weighted by atomic mass is 9.59. The molecule has 0 spiro atoms. The van der Waals surface area contributed by atoms with Gasteiger partial charge in [0.1, 0.15) is 0 Å². The average Bonchev–Trinajstić information content (AvgIpc) is 2.50. The summed E-state index contributed by atoms with van der Waals surface area (Å²) in [6.07, 6.45) is 1.28. The molecule has 0 aromatic rings. The van der Waals surface area contributed by atoms with Crippen LogP contribution in [-0.2, 0) is 4.79 Å². The lowest BCUT2D eigenvalue weighted by Gasteiger charge is -2.50. The van der Waals surface area contributed by atoms with Gasteiger partial charge in [-0.1, -0.05) is 27.7 Å². The highest BCUT2D eigenvalue weighted by Crippen LogP contribution is 2.65. The van der Waals surface area contributed by atoms with E-state index in [1.807, 2.05) is 0 Å². The molecule has 2 aliphatic carbocycles. The number of amides is 1. The van der Waals surface area contributed by atoms with Gasteiger partial charge in [0.2, 0.25) is 5.91 Å². The van der Waals surface area contributed by atoms with Crippen LogP contribution in [0.2, 0.25) is 0 Å². The first-order valence-corrected chi connectivity index (χ1v) is 6.50. The molecule has 92 valence electrons. The van der Waals surface area contributed by atoms with Gasteiger partial charge in [-0.25, -0.2) is 0 Å². The van der Waals surface area contributed by atoms with Crippen LogP contribution in [0.1, 0.15) is 48.0 Å². The van der Waals surface area contributed by atoms with Crippen LogP contribution in [0.4, 0.5) is 0 Å². The first-order valence-electron chi connectivity index (χ1n) is 6.50. The van der Waals surface area contributed by atoms with Gasteiger partial charge >= 0.3 is 0 Å². The van der Waals surface area contributed by atoms with Gasteiger partial charge in [0.15, 0.2) is 0 Å². The van der Waals surface area contributed by atoms with Crippen molar-refractivity contribution in [3.63, 3.8) is 0 Å². The Balaban J connectivity index is 2.31. The normalized spacial score (nSPS) is 49.4. The van der Waals surface area contributed by atoms with Crippen molar-refractivity contribution in [3.8, 4) is 0 Å². The first kappa shape index (κ1) is 11.9. The van der Waals surface area contributed by atoms with Crippen LogP contribution in [0, 0.1) is 29.1 Å². The predicted octanol–water partition coefficient (Wildman–Crippen LogP) is 2.83. The van der Waals surface area contributed by atoms with Crippen molar-refractivity contribution >= 4 is 5.91 Å². The second kappa shape index (κ2) is 3.24. The highest BCUT2D eigenvalue weighted by Gasteiger charge is 2.64. The van der Waals surface area contributed by atoms with Crippen LogP contribution < -0.4 is 5.32 Å². The summed E-state index contributed by atoms with van der Waals surface area (Å²) in [6.45, 7) is 13.3. The van der Waals surface area contributed by atoms with E-state index in [2.05, 4.69) is 39.9 Å². The number of carbonyl (C=O) groups is 1. The Kier molecular flexibility index (Phi) is 2.42. The zero-order valence-corrected chi connectivity index (χ0v) is 11.4. The van der Waals surface area contributed by atoms with Gasteiger partial charge in [-0.15, -0.1) is 0 Å². The van der Waals surface area contributed by atoms with Gasteiger partial charge in [0.05, 0.1) is 0 Å². The third kappa shape index (κ3) is 1.28. The number of fused-ring (bicyclic) bond motifs is 2. The summed E-state index contributed by atoms with van der Waals surface area (Å²) in [6, 6.07) is 0. The first-order chi connectivity index (χ1) is 7.21. The molecule has 2 rings (SSSR count). The third-order valence-corrected chi connectivity index (χ3v) is 6.01. The molecule has 0 unspecified atom stereocenters. The van der Waals surface area contributed by atoms with Crippen LogP contribution >= 0.6 is 0 Å².